The Morgan fingerprint density at radius 2 is 1.59 bits per heavy atom. The molecule has 0 aliphatic carbocycles. The van der Waals surface area contributed by atoms with Crippen molar-refractivity contribution in [1.82, 2.24) is 9.80 Å². The van der Waals surface area contributed by atoms with Gasteiger partial charge in [0.1, 0.15) is 42.4 Å². The number of carbonyl (C=O) groups excluding carboxylic acids is 3. The normalized spacial score (nSPS) is 19.5. The number of para-hydroxylation sites is 1. The minimum atomic E-state index is -0.880. The minimum Gasteiger partial charge on any atom is -0.497 e. The topological polar surface area (TPSA) is 109 Å². The summed E-state index contributed by atoms with van der Waals surface area (Å²) < 4.78 is 16.5. The minimum absolute atomic E-state index is 0.0377. The molecule has 3 amide bonds. The maximum Gasteiger partial charge on any atom is 0.415 e. The predicted octanol–water partition coefficient (Wildman–Crippen LogP) is 3.86. The van der Waals surface area contributed by atoms with Crippen LogP contribution >= 0.6 is 0 Å². The van der Waals surface area contributed by atoms with Crippen molar-refractivity contribution >= 4 is 23.6 Å². The molecule has 10 nitrogen and oxygen atoms in total. The molecule has 1 unspecified atom stereocenters. The summed E-state index contributed by atoms with van der Waals surface area (Å²) in [6.45, 7) is 6.04. The molecule has 2 fully saturated rings. The van der Waals surface area contributed by atoms with Gasteiger partial charge in [0.2, 0.25) is 11.8 Å². The molecule has 3 atom stereocenters. The molecule has 2 heterocycles. The molecule has 2 aliphatic heterocycles. The van der Waals surface area contributed by atoms with Crippen LogP contribution in [0.2, 0.25) is 0 Å². The molecule has 2 saturated heterocycles. The zero-order chi connectivity index (χ0) is 29.6. The van der Waals surface area contributed by atoms with E-state index in [0.717, 1.165) is 6.42 Å². The second kappa shape index (κ2) is 13.2. The van der Waals surface area contributed by atoms with Crippen molar-refractivity contribution in [2.45, 2.75) is 70.2 Å². The van der Waals surface area contributed by atoms with E-state index in [1.807, 2.05) is 6.07 Å². The van der Waals surface area contributed by atoms with Crippen molar-refractivity contribution in [3.8, 4) is 11.5 Å². The number of hydrogen-bond donors (Lipinski definition) is 1. The summed E-state index contributed by atoms with van der Waals surface area (Å²) in [5.41, 5.74) is -0.195. The van der Waals surface area contributed by atoms with Gasteiger partial charge in [0.15, 0.2) is 0 Å². The molecule has 41 heavy (non-hydrogen) atoms. The quantitative estimate of drug-likeness (QED) is 0.490. The monoisotopic (exact) mass is 567 g/mol. The van der Waals surface area contributed by atoms with Crippen molar-refractivity contribution in [3.63, 3.8) is 0 Å². The van der Waals surface area contributed by atoms with E-state index in [1.54, 1.807) is 86.2 Å². The summed E-state index contributed by atoms with van der Waals surface area (Å²) in [4.78, 5) is 45.0. The Hall–Kier alpha value is -3.79. The zero-order valence-corrected chi connectivity index (χ0v) is 24.3. The third-order valence-corrected chi connectivity index (χ3v) is 7.34. The maximum atomic E-state index is 13.8. The molecule has 4 rings (SSSR count). The van der Waals surface area contributed by atoms with Crippen LogP contribution in [0.5, 0.6) is 11.5 Å². The Balaban J connectivity index is 1.41. The molecule has 1 N–H and O–H groups in total. The number of hydrogen-bond acceptors (Lipinski definition) is 7. The SMILES string of the molecule is COc1ccc(OCC(O)[C@@H]2CCCN2C(=O)[C@@H]2CCCN2C(=O)CN(C(=O)OC(C)(C)C)c2ccccc2)cc1. The smallest absolute Gasteiger partial charge is 0.415 e. The van der Waals surface area contributed by atoms with Gasteiger partial charge >= 0.3 is 6.09 Å². The number of aliphatic hydroxyl groups is 1. The van der Waals surface area contributed by atoms with Gasteiger partial charge in [-0.1, -0.05) is 18.2 Å². The van der Waals surface area contributed by atoms with Crippen LogP contribution in [-0.4, -0.2) is 90.0 Å². The predicted molar refractivity (Wildman–Crippen MR) is 154 cm³/mol. The van der Waals surface area contributed by atoms with E-state index < -0.39 is 29.9 Å². The summed E-state index contributed by atoms with van der Waals surface area (Å²) in [6, 6.07) is 14.9. The average Bonchev–Trinajstić information content (AvgIpc) is 3.65. The number of likely N-dealkylation sites (tertiary alicyclic amines) is 2. The van der Waals surface area contributed by atoms with Crippen LogP contribution in [0.25, 0.3) is 0 Å². The van der Waals surface area contributed by atoms with Crippen molar-refractivity contribution in [3.05, 3.63) is 54.6 Å². The number of methoxy groups -OCH3 is 1. The number of aliphatic hydroxyl groups excluding tert-OH is 1. The first-order valence-corrected chi connectivity index (χ1v) is 14.2. The number of amides is 3. The first-order valence-electron chi connectivity index (χ1n) is 14.2. The average molecular weight is 568 g/mol. The van der Waals surface area contributed by atoms with Gasteiger partial charge in [-0.2, -0.15) is 0 Å². The van der Waals surface area contributed by atoms with E-state index in [2.05, 4.69) is 0 Å². The summed E-state index contributed by atoms with van der Waals surface area (Å²) in [5, 5.41) is 11.0. The Morgan fingerprint density at radius 3 is 2.24 bits per heavy atom. The van der Waals surface area contributed by atoms with Crippen LogP contribution in [0.15, 0.2) is 54.6 Å². The van der Waals surface area contributed by atoms with Crippen LogP contribution in [0.3, 0.4) is 0 Å². The molecule has 0 aromatic heterocycles. The van der Waals surface area contributed by atoms with E-state index in [1.165, 1.54) is 4.90 Å². The van der Waals surface area contributed by atoms with E-state index in [4.69, 9.17) is 14.2 Å². The van der Waals surface area contributed by atoms with Crippen LogP contribution in [0.4, 0.5) is 10.5 Å². The lowest BCUT2D eigenvalue weighted by Crippen LogP contribution is -2.54. The Bertz CT molecular complexity index is 1180. The Labute approximate surface area is 241 Å². The molecule has 2 aromatic rings. The summed E-state index contributed by atoms with van der Waals surface area (Å²) in [7, 11) is 1.59. The number of carbonyl (C=O) groups is 3. The fourth-order valence-electron chi connectivity index (χ4n) is 5.36. The molecule has 2 aliphatic rings. The zero-order valence-electron chi connectivity index (χ0n) is 24.3. The highest BCUT2D eigenvalue weighted by Crippen LogP contribution is 2.28. The van der Waals surface area contributed by atoms with Gasteiger partial charge in [-0.15, -0.1) is 0 Å². The molecule has 2 aromatic carbocycles. The second-order valence-electron chi connectivity index (χ2n) is 11.4. The standard InChI is InChI=1S/C31H41N3O7/c1-31(2,3)41-30(38)34(22-10-6-5-7-11-22)20-28(36)32-18-9-13-26(32)29(37)33-19-8-12-25(33)27(35)21-40-24-16-14-23(39-4)15-17-24/h5-7,10-11,14-17,25-27,35H,8-9,12-13,18-21H2,1-4H3/t25-,26-,27?/m0/s1. The summed E-state index contributed by atoms with van der Waals surface area (Å²) >= 11 is 0. The molecular formula is C31H41N3O7. The van der Waals surface area contributed by atoms with Crippen molar-refractivity contribution < 1.29 is 33.7 Å². The molecule has 222 valence electrons. The first-order chi connectivity index (χ1) is 19.6. The maximum absolute atomic E-state index is 13.8. The van der Waals surface area contributed by atoms with Gasteiger partial charge in [0.05, 0.1) is 13.2 Å². The van der Waals surface area contributed by atoms with Crippen LogP contribution in [0, 0.1) is 0 Å². The Kier molecular flexibility index (Phi) is 9.75. The molecular weight excluding hydrogens is 526 g/mol. The Morgan fingerprint density at radius 1 is 0.951 bits per heavy atom. The van der Waals surface area contributed by atoms with Gasteiger partial charge in [0.25, 0.3) is 0 Å². The highest BCUT2D eigenvalue weighted by Gasteiger charge is 2.42. The summed E-state index contributed by atoms with van der Waals surface area (Å²) in [5.74, 6) is 0.806. The van der Waals surface area contributed by atoms with Crippen molar-refractivity contribution in [1.29, 1.82) is 0 Å². The van der Waals surface area contributed by atoms with Crippen molar-refractivity contribution in [2.75, 3.05) is 38.3 Å². The number of ether oxygens (including phenoxy) is 3. The first kappa shape index (κ1) is 30.2. The summed E-state index contributed by atoms with van der Waals surface area (Å²) in [6.07, 6.45) is 1.12. The lowest BCUT2D eigenvalue weighted by atomic mass is 10.1. The fourth-order valence-corrected chi connectivity index (χ4v) is 5.36. The number of anilines is 1. The van der Waals surface area contributed by atoms with E-state index >= 15 is 0 Å². The third kappa shape index (κ3) is 7.70. The number of nitrogens with zero attached hydrogens (tertiary/aromatic N) is 3. The second-order valence-corrected chi connectivity index (χ2v) is 11.4. The number of benzene rings is 2. The van der Waals surface area contributed by atoms with Gasteiger partial charge in [-0.25, -0.2) is 4.79 Å². The highest BCUT2D eigenvalue weighted by molar-refractivity contribution is 5.97. The molecule has 0 spiro atoms. The molecule has 10 heteroatoms. The largest absolute Gasteiger partial charge is 0.497 e. The van der Waals surface area contributed by atoms with Crippen LogP contribution < -0.4 is 14.4 Å². The van der Waals surface area contributed by atoms with Gasteiger partial charge in [0, 0.05) is 18.8 Å². The van der Waals surface area contributed by atoms with Gasteiger partial charge in [-0.05, 0) is 82.9 Å². The molecule has 0 saturated carbocycles. The molecule has 0 bridgehead atoms. The van der Waals surface area contributed by atoms with E-state index in [-0.39, 0.29) is 25.0 Å². The lowest BCUT2D eigenvalue weighted by Gasteiger charge is -2.34. The molecule has 0 radical (unpaired) electrons. The fraction of sp³-hybridized carbons (Fsp3) is 0.516. The lowest BCUT2D eigenvalue weighted by molar-refractivity contribution is -0.145. The van der Waals surface area contributed by atoms with Gasteiger partial charge in [-0.3, -0.25) is 14.5 Å². The number of rotatable bonds is 9. The third-order valence-electron chi connectivity index (χ3n) is 7.34. The van der Waals surface area contributed by atoms with Crippen LogP contribution in [0.1, 0.15) is 46.5 Å². The van der Waals surface area contributed by atoms with E-state index in [0.29, 0.717) is 49.5 Å². The van der Waals surface area contributed by atoms with Gasteiger partial charge < -0.3 is 29.1 Å². The highest BCUT2D eigenvalue weighted by atomic mass is 16.6. The van der Waals surface area contributed by atoms with E-state index in [9.17, 15) is 19.5 Å². The van der Waals surface area contributed by atoms with Crippen LogP contribution in [-0.2, 0) is 14.3 Å². The van der Waals surface area contributed by atoms with Crippen molar-refractivity contribution in [2.24, 2.45) is 0 Å².